The van der Waals surface area contributed by atoms with Gasteiger partial charge in [-0.15, -0.1) is 0 Å². The third kappa shape index (κ3) is 4.32. The Hall–Kier alpha value is -1.92. The molecule has 0 bridgehead atoms. The Morgan fingerprint density at radius 1 is 0.950 bits per heavy atom. The molecule has 2 aromatic carbocycles. The van der Waals surface area contributed by atoms with Gasteiger partial charge in [-0.1, -0.05) is 24.3 Å². The Morgan fingerprint density at radius 3 is 2.00 bits per heavy atom. The van der Waals surface area contributed by atoms with Crippen molar-refractivity contribution in [3.8, 4) is 5.40 Å². The molecule has 0 aromatic heterocycles. The van der Waals surface area contributed by atoms with Gasteiger partial charge in [-0.3, -0.25) is 0 Å². The largest absolute Gasteiger partial charge is 0.195 e. The van der Waals surface area contributed by atoms with Crippen molar-refractivity contribution in [2.24, 2.45) is 4.99 Å². The van der Waals surface area contributed by atoms with Crippen LogP contribution in [-0.4, -0.2) is 5.16 Å². The lowest BCUT2D eigenvalue weighted by Crippen LogP contribution is -1.90. The number of aryl methyl sites for hydroxylation is 2. The molecule has 0 saturated heterocycles. The summed E-state index contributed by atoms with van der Waals surface area (Å²) >= 11 is 5.76. The third-order valence-corrected chi connectivity index (χ3v) is 3.59. The molecule has 0 aliphatic carbocycles. The molecule has 0 heterocycles. The molecule has 0 atom stereocenters. The molecule has 0 unspecified atom stereocenters. The zero-order chi connectivity index (χ0) is 14.2. The first-order valence-electron chi connectivity index (χ1n) is 6.13. The SMILES string of the molecule is N#CSc1ccc(CCc2ccc(N=C=S)cc2)cc1. The van der Waals surface area contributed by atoms with E-state index in [0.29, 0.717) is 0 Å². The van der Waals surface area contributed by atoms with Crippen LogP contribution in [0.2, 0.25) is 0 Å². The lowest BCUT2D eigenvalue weighted by molar-refractivity contribution is 0.958. The smallest absolute Gasteiger partial charge is 0.138 e. The van der Waals surface area contributed by atoms with Gasteiger partial charge in [-0.25, -0.2) is 0 Å². The minimum absolute atomic E-state index is 0.835. The average molecular weight is 296 g/mol. The first kappa shape index (κ1) is 14.5. The van der Waals surface area contributed by atoms with Crippen molar-refractivity contribution in [2.45, 2.75) is 17.7 Å². The van der Waals surface area contributed by atoms with Crippen molar-refractivity contribution < 1.29 is 0 Å². The lowest BCUT2D eigenvalue weighted by atomic mass is 10.0. The fraction of sp³-hybridized carbons (Fsp3) is 0.125. The molecule has 0 amide bonds. The molecule has 0 aliphatic heterocycles. The molecular formula is C16H12N2S2. The van der Waals surface area contributed by atoms with Crippen molar-refractivity contribution in [1.29, 1.82) is 5.26 Å². The van der Waals surface area contributed by atoms with Crippen LogP contribution in [0, 0.1) is 10.7 Å². The van der Waals surface area contributed by atoms with Crippen LogP contribution in [-0.2, 0) is 12.8 Å². The summed E-state index contributed by atoms with van der Waals surface area (Å²) in [6.45, 7) is 0. The van der Waals surface area contributed by atoms with Gasteiger partial charge in [0.25, 0.3) is 0 Å². The highest BCUT2D eigenvalue weighted by atomic mass is 32.2. The summed E-state index contributed by atoms with van der Waals surface area (Å²) in [4.78, 5) is 4.91. The molecule has 98 valence electrons. The van der Waals surface area contributed by atoms with Gasteiger partial charge < -0.3 is 0 Å². The highest BCUT2D eigenvalue weighted by Crippen LogP contribution is 2.18. The quantitative estimate of drug-likeness (QED) is 0.345. The van der Waals surface area contributed by atoms with Crippen molar-refractivity contribution in [2.75, 3.05) is 0 Å². The molecule has 20 heavy (non-hydrogen) atoms. The molecule has 0 aliphatic rings. The first-order chi connectivity index (χ1) is 9.81. The molecule has 0 N–H and O–H groups in total. The molecule has 0 saturated carbocycles. The number of nitrogens with zero attached hydrogens (tertiary/aromatic N) is 2. The van der Waals surface area contributed by atoms with Gasteiger partial charge in [0.1, 0.15) is 5.40 Å². The predicted molar refractivity (Wildman–Crippen MR) is 86.4 cm³/mol. The summed E-state index contributed by atoms with van der Waals surface area (Å²) in [6.07, 6.45) is 1.96. The maximum atomic E-state index is 8.60. The molecule has 2 rings (SSSR count). The average Bonchev–Trinajstić information content (AvgIpc) is 2.49. The van der Waals surface area contributed by atoms with E-state index in [1.165, 1.54) is 22.9 Å². The second kappa shape index (κ2) is 7.62. The fourth-order valence-electron chi connectivity index (χ4n) is 1.86. The van der Waals surface area contributed by atoms with E-state index in [-0.39, 0.29) is 0 Å². The van der Waals surface area contributed by atoms with E-state index in [1.807, 2.05) is 24.3 Å². The summed E-state index contributed by atoms with van der Waals surface area (Å²) in [5.41, 5.74) is 3.37. The number of rotatable bonds is 5. The highest BCUT2D eigenvalue weighted by molar-refractivity contribution is 8.03. The number of thiocyanates is 1. The summed E-state index contributed by atoms with van der Waals surface area (Å²) in [7, 11) is 0. The zero-order valence-corrected chi connectivity index (χ0v) is 12.4. The number of thiocarbonyl (C=S) groups is 1. The van der Waals surface area contributed by atoms with E-state index in [9.17, 15) is 0 Å². The number of aliphatic imine (C=N–C) groups is 1. The number of thioether (sulfide) groups is 1. The van der Waals surface area contributed by atoms with E-state index in [0.717, 1.165) is 23.4 Å². The van der Waals surface area contributed by atoms with Crippen LogP contribution < -0.4 is 0 Å². The summed E-state index contributed by atoms with van der Waals surface area (Å²) < 4.78 is 0. The number of hydrogen-bond acceptors (Lipinski definition) is 4. The Balaban J connectivity index is 1.94. The van der Waals surface area contributed by atoms with Gasteiger partial charge in [0.2, 0.25) is 0 Å². The van der Waals surface area contributed by atoms with Gasteiger partial charge >= 0.3 is 0 Å². The van der Waals surface area contributed by atoms with Crippen LogP contribution in [0.5, 0.6) is 0 Å². The standard InChI is InChI=1S/C16H12N2S2/c17-11-20-16-9-5-14(6-10-16)2-1-13-3-7-15(8-4-13)18-12-19/h3-10H,1-2H2. The summed E-state index contributed by atoms with van der Waals surface area (Å²) in [6, 6.07) is 16.1. The molecule has 2 nitrogen and oxygen atoms in total. The Bertz CT molecular complexity index is 648. The molecule has 0 spiro atoms. The van der Waals surface area contributed by atoms with E-state index in [4.69, 9.17) is 5.26 Å². The highest BCUT2D eigenvalue weighted by Gasteiger charge is 1.98. The van der Waals surface area contributed by atoms with Crippen molar-refractivity contribution in [1.82, 2.24) is 0 Å². The van der Waals surface area contributed by atoms with Gasteiger partial charge in [-0.05, 0) is 72.2 Å². The van der Waals surface area contributed by atoms with Crippen LogP contribution in [0.4, 0.5) is 5.69 Å². The van der Waals surface area contributed by atoms with E-state index < -0.39 is 0 Å². The summed E-state index contributed by atoms with van der Waals surface area (Å²) in [5.74, 6) is 0. The van der Waals surface area contributed by atoms with Gasteiger partial charge in [0.05, 0.1) is 10.8 Å². The van der Waals surface area contributed by atoms with Gasteiger partial charge in [0.15, 0.2) is 0 Å². The van der Waals surface area contributed by atoms with Crippen LogP contribution >= 0.6 is 24.0 Å². The van der Waals surface area contributed by atoms with Crippen molar-refractivity contribution in [3.05, 3.63) is 59.7 Å². The van der Waals surface area contributed by atoms with Crippen LogP contribution in [0.1, 0.15) is 11.1 Å². The predicted octanol–water partition coefficient (Wildman–Crippen LogP) is 4.78. The van der Waals surface area contributed by atoms with E-state index in [1.54, 1.807) is 0 Å². The molecule has 0 radical (unpaired) electrons. The number of hydrogen-bond donors (Lipinski definition) is 0. The molecule has 4 heteroatoms. The molecular weight excluding hydrogens is 284 g/mol. The fourth-order valence-corrected chi connectivity index (χ4v) is 2.34. The molecule has 2 aromatic rings. The number of benzene rings is 2. The van der Waals surface area contributed by atoms with Crippen LogP contribution in [0.3, 0.4) is 0 Å². The second-order valence-corrected chi connectivity index (χ2v) is 5.25. The number of nitriles is 1. The summed E-state index contributed by atoms with van der Waals surface area (Å²) in [5, 5.41) is 13.0. The zero-order valence-electron chi connectivity index (χ0n) is 10.7. The number of isothiocyanates is 1. The van der Waals surface area contributed by atoms with Crippen molar-refractivity contribution >= 4 is 34.8 Å². The monoisotopic (exact) mass is 296 g/mol. The van der Waals surface area contributed by atoms with Gasteiger partial charge in [-0.2, -0.15) is 10.3 Å². The van der Waals surface area contributed by atoms with Gasteiger partial charge in [0, 0.05) is 4.90 Å². The van der Waals surface area contributed by atoms with E-state index in [2.05, 4.69) is 52.0 Å². The lowest BCUT2D eigenvalue weighted by Gasteiger charge is -2.03. The van der Waals surface area contributed by atoms with Crippen LogP contribution in [0.15, 0.2) is 58.4 Å². The normalized spacial score (nSPS) is 9.55. The second-order valence-electron chi connectivity index (χ2n) is 4.21. The maximum Gasteiger partial charge on any atom is 0.138 e. The minimum Gasteiger partial charge on any atom is -0.195 e. The Labute approximate surface area is 128 Å². The first-order valence-corrected chi connectivity index (χ1v) is 7.36. The van der Waals surface area contributed by atoms with Crippen LogP contribution in [0.25, 0.3) is 0 Å². The topological polar surface area (TPSA) is 36.1 Å². The Kier molecular flexibility index (Phi) is 5.52. The maximum absolute atomic E-state index is 8.60. The minimum atomic E-state index is 0.835. The van der Waals surface area contributed by atoms with Crippen molar-refractivity contribution in [3.63, 3.8) is 0 Å². The molecule has 0 fully saturated rings. The third-order valence-electron chi connectivity index (χ3n) is 2.90. The Morgan fingerprint density at radius 2 is 1.50 bits per heavy atom. The van der Waals surface area contributed by atoms with E-state index >= 15 is 0 Å².